The van der Waals surface area contributed by atoms with Crippen LogP contribution >= 0.6 is 0 Å². The van der Waals surface area contributed by atoms with Gasteiger partial charge in [0.1, 0.15) is 0 Å². The fraction of sp³-hybridized carbons (Fsp3) is 1.00. The first-order valence-corrected chi connectivity index (χ1v) is 5.52. The molecule has 3 rings (SSSR count). The van der Waals surface area contributed by atoms with E-state index in [0.717, 1.165) is 18.4 Å². The number of nitrogens with two attached hydrogens (primary N) is 1. The molecular weight excluding hydrogens is 162 g/mol. The van der Waals surface area contributed by atoms with Crippen molar-refractivity contribution in [3.63, 3.8) is 0 Å². The molecule has 1 spiro atoms. The second kappa shape index (κ2) is 2.29. The third-order valence-corrected chi connectivity index (χ3v) is 4.36. The lowest BCUT2D eigenvalue weighted by molar-refractivity contribution is -0.146. The van der Waals surface area contributed by atoms with E-state index in [0.29, 0.717) is 5.60 Å². The summed E-state index contributed by atoms with van der Waals surface area (Å²) in [5.41, 5.74) is 6.63. The summed E-state index contributed by atoms with van der Waals surface area (Å²) in [6, 6.07) is 0. The molecule has 2 nitrogen and oxygen atoms in total. The zero-order valence-corrected chi connectivity index (χ0v) is 8.38. The van der Waals surface area contributed by atoms with Gasteiger partial charge < -0.3 is 10.5 Å². The van der Waals surface area contributed by atoms with Gasteiger partial charge in [-0.05, 0) is 50.9 Å². The molecule has 3 aliphatic rings. The van der Waals surface area contributed by atoms with Crippen LogP contribution in [-0.2, 0) is 4.74 Å². The second-order valence-corrected chi connectivity index (χ2v) is 5.77. The van der Waals surface area contributed by atoms with Crippen LogP contribution in [0.4, 0.5) is 0 Å². The van der Waals surface area contributed by atoms with Crippen LogP contribution in [0.15, 0.2) is 0 Å². The Morgan fingerprint density at radius 3 is 2.08 bits per heavy atom. The van der Waals surface area contributed by atoms with Gasteiger partial charge in [-0.15, -0.1) is 0 Å². The van der Waals surface area contributed by atoms with Gasteiger partial charge in [0.15, 0.2) is 0 Å². The van der Waals surface area contributed by atoms with Crippen molar-refractivity contribution in [3.05, 3.63) is 0 Å². The second-order valence-electron chi connectivity index (χ2n) is 5.77. The van der Waals surface area contributed by atoms with Crippen molar-refractivity contribution in [3.8, 4) is 0 Å². The fourth-order valence-corrected chi connectivity index (χ4v) is 3.84. The van der Waals surface area contributed by atoms with Crippen LogP contribution in [0.1, 0.15) is 39.0 Å². The Balaban J connectivity index is 1.74. The summed E-state index contributed by atoms with van der Waals surface area (Å²) in [6.45, 7) is 3.21. The Kier molecular flexibility index (Phi) is 1.45. The summed E-state index contributed by atoms with van der Waals surface area (Å²) in [5, 5.41) is 0. The summed E-state index contributed by atoms with van der Waals surface area (Å²) >= 11 is 0. The van der Waals surface area contributed by atoms with Gasteiger partial charge in [0.2, 0.25) is 0 Å². The Bertz CT molecular complexity index is 214. The number of hydrogen-bond donors (Lipinski definition) is 1. The van der Waals surface area contributed by atoms with Gasteiger partial charge in [0, 0.05) is 5.54 Å². The Hall–Kier alpha value is -0.0800. The Morgan fingerprint density at radius 2 is 1.69 bits per heavy atom. The number of hydrogen-bond acceptors (Lipinski definition) is 2. The summed E-state index contributed by atoms with van der Waals surface area (Å²) in [6.07, 6.45) is 6.35. The summed E-state index contributed by atoms with van der Waals surface area (Å²) in [5.74, 6) is 1.74. The highest BCUT2D eigenvalue weighted by Gasteiger charge is 2.54. The Labute approximate surface area is 79.8 Å². The summed E-state index contributed by atoms with van der Waals surface area (Å²) < 4.78 is 5.74. The number of ether oxygens (including phenoxy) is 1. The molecule has 0 amide bonds. The van der Waals surface area contributed by atoms with E-state index in [1.54, 1.807) is 0 Å². The maximum absolute atomic E-state index is 6.18. The lowest BCUT2D eigenvalue weighted by atomic mass is 9.87. The van der Waals surface area contributed by atoms with Gasteiger partial charge in [0.05, 0.1) is 12.2 Å². The minimum absolute atomic E-state index is 0.126. The molecule has 0 aromatic carbocycles. The smallest absolute Gasteiger partial charge is 0.0710 e. The minimum Gasteiger partial charge on any atom is -0.375 e. The highest BCUT2D eigenvalue weighted by Crippen LogP contribution is 2.56. The van der Waals surface area contributed by atoms with Crippen LogP contribution < -0.4 is 5.73 Å². The van der Waals surface area contributed by atoms with Gasteiger partial charge in [-0.25, -0.2) is 0 Å². The van der Waals surface area contributed by atoms with Crippen molar-refractivity contribution in [2.24, 2.45) is 17.6 Å². The third kappa shape index (κ3) is 1.15. The van der Waals surface area contributed by atoms with Gasteiger partial charge in [-0.1, -0.05) is 0 Å². The molecule has 2 aliphatic carbocycles. The van der Waals surface area contributed by atoms with Gasteiger partial charge in [0.25, 0.3) is 0 Å². The monoisotopic (exact) mass is 181 g/mol. The van der Waals surface area contributed by atoms with Crippen molar-refractivity contribution in [1.29, 1.82) is 0 Å². The van der Waals surface area contributed by atoms with Crippen LogP contribution in [-0.4, -0.2) is 17.7 Å². The predicted octanol–water partition coefficient (Wildman–Crippen LogP) is 1.68. The van der Waals surface area contributed by atoms with Gasteiger partial charge in [-0.3, -0.25) is 0 Å². The summed E-state index contributed by atoms with van der Waals surface area (Å²) in [7, 11) is 0. The quantitative estimate of drug-likeness (QED) is 0.617. The molecule has 0 radical (unpaired) electrons. The lowest BCUT2D eigenvalue weighted by Crippen LogP contribution is -2.43. The molecule has 13 heavy (non-hydrogen) atoms. The van der Waals surface area contributed by atoms with Crippen LogP contribution in [0.5, 0.6) is 0 Å². The molecule has 0 aromatic rings. The topological polar surface area (TPSA) is 35.2 Å². The molecule has 74 valence electrons. The van der Waals surface area contributed by atoms with Crippen molar-refractivity contribution in [2.45, 2.75) is 50.2 Å². The van der Waals surface area contributed by atoms with E-state index >= 15 is 0 Å². The van der Waals surface area contributed by atoms with Crippen LogP contribution in [0, 0.1) is 11.8 Å². The standard InChI is InChI=1S/C11H19NO/c1-10(12)4-8-6-11(2-3-13-11)7-9(8)5-10/h8-9H,2-7,12H2,1H3/t8-,9+,10?,11?. The molecule has 1 heterocycles. The number of rotatable bonds is 0. The van der Waals surface area contributed by atoms with Crippen molar-refractivity contribution >= 4 is 0 Å². The molecule has 2 heteroatoms. The van der Waals surface area contributed by atoms with E-state index < -0.39 is 0 Å². The average molecular weight is 181 g/mol. The molecule has 2 saturated carbocycles. The average Bonchev–Trinajstić information content (AvgIpc) is 2.35. The van der Waals surface area contributed by atoms with Crippen LogP contribution in [0.2, 0.25) is 0 Å². The SMILES string of the molecule is CC1(N)C[C@@H]2CC3(CCO3)C[C@@H]2C1. The van der Waals surface area contributed by atoms with E-state index in [1.807, 2.05) is 0 Å². The number of fused-ring (bicyclic) bond motifs is 1. The molecule has 3 fully saturated rings. The predicted molar refractivity (Wildman–Crippen MR) is 51.3 cm³/mol. The highest BCUT2D eigenvalue weighted by molar-refractivity contribution is 5.07. The highest BCUT2D eigenvalue weighted by atomic mass is 16.5. The van der Waals surface area contributed by atoms with Crippen molar-refractivity contribution in [2.75, 3.05) is 6.61 Å². The molecule has 1 aliphatic heterocycles. The van der Waals surface area contributed by atoms with E-state index in [-0.39, 0.29) is 5.54 Å². The van der Waals surface area contributed by atoms with Gasteiger partial charge in [-0.2, -0.15) is 0 Å². The van der Waals surface area contributed by atoms with E-state index in [9.17, 15) is 0 Å². The van der Waals surface area contributed by atoms with Crippen molar-refractivity contribution in [1.82, 2.24) is 0 Å². The molecule has 0 bridgehead atoms. The molecule has 1 saturated heterocycles. The summed E-state index contributed by atoms with van der Waals surface area (Å²) in [4.78, 5) is 0. The Morgan fingerprint density at radius 1 is 1.15 bits per heavy atom. The largest absolute Gasteiger partial charge is 0.375 e. The van der Waals surface area contributed by atoms with Crippen LogP contribution in [0.3, 0.4) is 0 Å². The normalized spacial score (nSPS) is 59.5. The lowest BCUT2D eigenvalue weighted by Gasteiger charge is -2.40. The molecule has 2 unspecified atom stereocenters. The van der Waals surface area contributed by atoms with E-state index in [2.05, 4.69) is 6.92 Å². The van der Waals surface area contributed by atoms with Crippen molar-refractivity contribution < 1.29 is 4.74 Å². The molecular formula is C11H19NO. The fourth-order valence-electron chi connectivity index (χ4n) is 3.84. The molecule has 0 aromatic heterocycles. The third-order valence-electron chi connectivity index (χ3n) is 4.36. The zero-order valence-electron chi connectivity index (χ0n) is 8.38. The first kappa shape index (κ1) is 8.25. The first-order chi connectivity index (χ1) is 6.09. The van der Waals surface area contributed by atoms with E-state index in [4.69, 9.17) is 10.5 Å². The maximum Gasteiger partial charge on any atom is 0.0710 e. The molecule has 2 N–H and O–H groups in total. The van der Waals surface area contributed by atoms with E-state index in [1.165, 1.54) is 32.1 Å². The molecule has 4 atom stereocenters. The maximum atomic E-state index is 6.18. The van der Waals surface area contributed by atoms with Gasteiger partial charge >= 0.3 is 0 Å². The minimum atomic E-state index is 0.126. The zero-order chi connectivity index (χ0) is 9.10. The first-order valence-electron chi connectivity index (χ1n) is 5.52. The van der Waals surface area contributed by atoms with Crippen LogP contribution in [0.25, 0.3) is 0 Å².